The fraction of sp³-hybridized carbons (Fsp3) is 0.111. The first kappa shape index (κ1) is 18.2. The highest BCUT2D eigenvalue weighted by Gasteiger charge is 2.11. The maximum absolute atomic E-state index is 12.4. The van der Waals surface area contributed by atoms with E-state index < -0.39 is 10.0 Å². The molecule has 0 aliphatic heterocycles. The van der Waals surface area contributed by atoms with Gasteiger partial charge < -0.3 is 0 Å². The van der Waals surface area contributed by atoms with Gasteiger partial charge in [-0.05, 0) is 36.4 Å². The zero-order valence-electron chi connectivity index (χ0n) is 14.0. The van der Waals surface area contributed by atoms with Crippen molar-refractivity contribution >= 4 is 33.3 Å². The molecule has 3 aromatic rings. The van der Waals surface area contributed by atoms with Crippen LogP contribution in [-0.2, 0) is 10.0 Å². The average Bonchev–Trinajstić information content (AvgIpc) is 3.08. The van der Waals surface area contributed by atoms with E-state index in [1.54, 1.807) is 30.5 Å². The smallest absolute Gasteiger partial charge is 0.229 e. The molecule has 0 radical (unpaired) electrons. The van der Waals surface area contributed by atoms with E-state index in [1.165, 1.54) is 11.8 Å². The molecule has 0 saturated carbocycles. The molecule has 6 nitrogen and oxygen atoms in total. The number of sulfonamides is 1. The standard InChI is InChI=1S/C18H17N3O3S2/c1-26(23,24)20-15-9-7-14(8-10-15)17(22)13-25-18-19-11-12-21(18)16-5-3-2-4-6-16/h2-12,20H,13H2,1H3. The zero-order chi connectivity index (χ0) is 18.6. The second kappa shape index (κ2) is 7.76. The van der Waals surface area contributed by atoms with Gasteiger partial charge in [0, 0.05) is 29.3 Å². The van der Waals surface area contributed by atoms with Gasteiger partial charge >= 0.3 is 0 Å². The number of para-hydroxylation sites is 1. The van der Waals surface area contributed by atoms with Crippen LogP contribution in [0.15, 0.2) is 72.1 Å². The molecular formula is C18H17N3O3S2. The molecular weight excluding hydrogens is 370 g/mol. The van der Waals surface area contributed by atoms with Crippen LogP contribution in [0.1, 0.15) is 10.4 Å². The number of imidazole rings is 1. The third-order valence-corrected chi connectivity index (χ3v) is 5.06. The molecule has 0 saturated heterocycles. The predicted octanol–water partition coefficient (Wildman–Crippen LogP) is 3.22. The lowest BCUT2D eigenvalue weighted by atomic mass is 10.1. The van der Waals surface area contributed by atoms with E-state index in [4.69, 9.17) is 0 Å². The number of thioether (sulfide) groups is 1. The Morgan fingerprint density at radius 1 is 1.12 bits per heavy atom. The van der Waals surface area contributed by atoms with Gasteiger partial charge in [0.15, 0.2) is 10.9 Å². The van der Waals surface area contributed by atoms with Crippen molar-refractivity contribution in [2.75, 3.05) is 16.7 Å². The summed E-state index contributed by atoms with van der Waals surface area (Å²) in [5.74, 6) is 0.186. The molecule has 0 bridgehead atoms. The molecule has 134 valence electrons. The fourth-order valence-electron chi connectivity index (χ4n) is 2.33. The number of benzene rings is 2. The van der Waals surface area contributed by atoms with Gasteiger partial charge in [0.1, 0.15) is 0 Å². The van der Waals surface area contributed by atoms with Crippen LogP contribution in [-0.4, -0.2) is 35.8 Å². The monoisotopic (exact) mass is 387 g/mol. The molecule has 0 aliphatic rings. The number of anilines is 1. The Balaban J connectivity index is 1.66. The number of carbonyl (C=O) groups is 1. The molecule has 0 atom stereocenters. The lowest BCUT2D eigenvalue weighted by molar-refractivity contribution is 0.102. The van der Waals surface area contributed by atoms with Crippen molar-refractivity contribution < 1.29 is 13.2 Å². The van der Waals surface area contributed by atoms with Crippen LogP contribution < -0.4 is 4.72 Å². The quantitative estimate of drug-likeness (QED) is 0.497. The van der Waals surface area contributed by atoms with Gasteiger partial charge in [-0.2, -0.15) is 0 Å². The fourth-order valence-corrected chi connectivity index (χ4v) is 3.77. The van der Waals surface area contributed by atoms with E-state index in [0.717, 1.165) is 17.1 Å². The van der Waals surface area contributed by atoms with Crippen molar-refractivity contribution in [1.82, 2.24) is 9.55 Å². The lowest BCUT2D eigenvalue weighted by Crippen LogP contribution is -2.10. The van der Waals surface area contributed by atoms with Crippen LogP contribution in [0.2, 0.25) is 0 Å². The number of nitrogens with zero attached hydrogens (tertiary/aromatic N) is 2. The van der Waals surface area contributed by atoms with Crippen LogP contribution in [0.4, 0.5) is 5.69 Å². The first-order chi connectivity index (χ1) is 12.4. The van der Waals surface area contributed by atoms with E-state index >= 15 is 0 Å². The highest BCUT2D eigenvalue weighted by atomic mass is 32.2. The minimum Gasteiger partial charge on any atom is -0.295 e. The van der Waals surface area contributed by atoms with E-state index in [2.05, 4.69) is 9.71 Å². The predicted molar refractivity (Wildman–Crippen MR) is 104 cm³/mol. The van der Waals surface area contributed by atoms with Crippen LogP contribution in [0.3, 0.4) is 0 Å². The second-order valence-electron chi connectivity index (χ2n) is 5.58. The van der Waals surface area contributed by atoms with E-state index in [0.29, 0.717) is 11.3 Å². The molecule has 0 aliphatic carbocycles. The van der Waals surface area contributed by atoms with Crippen molar-refractivity contribution in [3.63, 3.8) is 0 Å². The van der Waals surface area contributed by atoms with Gasteiger partial charge in [0.25, 0.3) is 0 Å². The van der Waals surface area contributed by atoms with Crippen molar-refractivity contribution in [2.24, 2.45) is 0 Å². The summed E-state index contributed by atoms with van der Waals surface area (Å²) in [5, 5.41) is 0.736. The maximum atomic E-state index is 12.4. The summed E-state index contributed by atoms with van der Waals surface area (Å²) in [6.45, 7) is 0. The normalized spacial score (nSPS) is 11.3. The van der Waals surface area contributed by atoms with E-state index in [-0.39, 0.29) is 11.5 Å². The summed E-state index contributed by atoms with van der Waals surface area (Å²) in [6.07, 6.45) is 4.64. The molecule has 0 unspecified atom stereocenters. The summed E-state index contributed by atoms with van der Waals surface area (Å²) in [7, 11) is -3.33. The Morgan fingerprint density at radius 3 is 2.46 bits per heavy atom. The molecule has 0 spiro atoms. The van der Waals surface area contributed by atoms with Crippen molar-refractivity contribution in [3.8, 4) is 5.69 Å². The minimum absolute atomic E-state index is 0.0523. The highest BCUT2D eigenvalue weighted by molar-refractivity contribution is 7.99. The topological polar surface area (TPSA) is 81.1 Å². The summed E-state index contributed by atoms with van der Waals surface area (Å²) in [5.41, 5.74) is 1.93. The summed E-state index contributed by atoms with van der Waals surface area (Å²) < 4.78 is 26.7. The van der Waals surface area contributed by atoms with Gasteiger partial charge in [0.2, 0.25) is 10.0 Å². The molecule has 0 fully saturated rings. The number of aromatic nitrogens is 2. The molecule has 26 heavy (non-hydrogen) atoms. The SMILES string of the molecule is CS(=O)(=O)Nc1ccc(C(=O)CSc2nccn2-c2ccccc2)cc1. The maximum Gasteiger partial charge on any atom is 0.229 e. The van der Waals surface area contributed by atoms with Crippen LogP contribution in [0.5, 0.6) is 0 Å². The Morgan fingerprint density at radius 2 is 1.81 bits per heavy atom. The van der Waals surface area contributed by atoms with E-state index in [1.807, 2.05) is 41.1 Å². The number of hydrogen-bond donors (Lipinski definition) is 1. The minimum atomic E-state index is -3.33. The number of nitrogens with one attached hydrogen (secondary N) is 1. The number of rotatable bonds is 7. The molecule has 3 rings (SSSR count). The van der Waals surface area contributed by atoms with Crippen molar-refractivity contribution in [2.45, 2.75) is 5.16 Å². The van der Waals surface area contributed by atoms with Gasteiger partial charge in [-0.1, -0.05) is 30.0 Å². The molecule has 8 heteroatoms. The highest BCUT2D eigenvalue weighted by Crippen LogP contribution is 2.22. The largest absolute Gasteiger partial charge is 0.295 e. The Bertz CT molecular complexity index is 998. The summed E-state index contributed by atoms with van der Waals surface area (Å²) >= 11 is 1.36. The van der Waals surface area contributed by atoms with Gasteiger partial charge in [0.05, 0.1) is 12.0 Å². The third kappa shape index (κ3) is 4.74. The van der Waals surface area contributed by atoms with Gasteiger partial charge in [-0.3, -0.25) is 14.1 Å². The molecule has 1 N–H and O–H groups in total. The molecule has 1 heterocycles. The molecule has 0 amide bonds. The Hall–Kier alpha value is -2.58. The Kier molecular flexibility index (Phi) is 5.43. The lowest BCUT2D eigenvalue weighted by Gasteiger charge is -2.07. The third-order valence-electron chi connectivity index (χ3n) is 3.48. The number of hydrogen-bond acceptors (Lipinski definition) is 5. The van der Waals surface area contributed by atoms with Crippen LogP contribution >= 0.6 is 11.8 Å². The number of ketones is 1. The van der Waals surface area contributed by atoms with Crippen molar-refractivity contribution in [1.29, 1.82) is 0 Å². The van der Waals surface area contributed by atoms with Gasteiger partial charge in [-0.15, -0.1) is 0 Å². The Labute approximate surface area is 156 Å². The average molecular weight is 387 g/mol. The van der Waals surface area contributed by atoms with Gasteiger partial charge in [-0.25, -0.2) is 13.4 Å². The first-order valence-electron chi connectivity index (χ1n) is 7.75. The first-order valence-corrected chi connectivity index (χ1v) is 10.6. The van der Waals surface area contributed by atoms with Crippen LogP contribution in [0.25, 0.3) is 5.69 Å². The summed E-state index contributed by atoms with van der Waals surface area (Å²) in [6, 6.07) is 16.1. The molecule has 2 aromatic carbocycles. The number of Topliss-reactive ketones (excluding diaryl/α,β-unsaturated/α-hetero) is 1. The summed E-state index contributed by atoms with van der Waals surface area (Å²) in [4.78, 5) is 16.7. The van der Waals surface area contributed by atoms with E-state index in [9.17, 15) is 13.2 Å². The van der Waals surface area contributed by atoms with Crippen LogP contribution in [0, 0.1) is 0 Å². The van der Waals surface area contributed by atoms with Crippen molar-refractivity contribution in [3.05, 3.63) is 72.6 Å². The second-order valence-corrected chi connectivity index (χ2v) is 8.27. The zero-order valence-corrected chi connectivity index (χ0v) is 15.6. The number of carbonyl (C=O) groups excluding carboxylic acids is 1. The molecule has 1 aromatic heterocycles.